The topological polar surface area (TPSA) is 32.1 Å². The number of aryl methyl sites for hydroxylation is 2. The number of morpholine rings is 1. The predicted molar refractivity (Wildman–Crippen MR) is 92.5 cm³/mol. The summed E-state index contributed by atoms with van der Waals surface area (Å²) in [7, 11) is 0. The van der Waals surface area contributed by atoms with Crippen molar-refractivity contribution < 1.29 is 19.1 Å². The SMILES string of the molecule is C=CCc1cc(C)c(OCCOCC[NH+]2CCOCC2)c(C)c1. The van der Waals surface area contributed by atoms with Crippen LogP contribution >= 0.6 is 0 Å². The predicted octanol–water partition coefficient (Wildman–Crippen LogP) is 1.34. The fourth-order valence-electron chi connectivity index (χ4n) is 2.98. The molecule has 0 unspecified atom stereocenters. The van der Waals surface area contributed by atoms with Crippen molar-refractivity contribution in [3.63, 3.8) is 0 Å². The molecule has 0 aromatic heterocycles. The lowest BCUT2D eigenvalue weighted by atomic mass is 10.0. The van der Waals surface area contributed by atoms with Crippen LogP contribution in [0.25, 0.3) is 0 Å². The van der Waals surface area contributed by atoms with Gasteiger partial charge in [-0.3, -0.25) is 0 Å². The molecule has 128 valence electrons. The van der Waals surface area contributed by atoms with Gasteiger partial charge in [-0.2, -0.15) is 0 Å². The van der Waals surface area contributed by atoms with E-state index in [1.807, 2.05) is 6.08 Å². The minimum Gasteiger partial charge on any atom is -0.491 e. The van der Waals surface area contributed by atoms with Gasteiger partial charge in [0.25, 0.3) is 0 Å². The first-order valence-electron chi connectivity index (χ1n) is 8.53. The molecule has 4 nitrogen and oxygen atoms in total. The fraction of sp³-hybridized carbons (Fsp3) is 0.579. The van der Waals surface area contributed by atoms with E-state index in [0.29, 0.717) is 13.2 Å². The molecular formula is C19H30NO3+. The van der Waals surface area contributed by atoms with Gasteiger partial charge >= 0.3 is 0 Å². The highest BCUT2D eigenvalue weighted by Crippen LogP contribution is 2.25. The van der Waals surface area contributed by atoms with E-state index in [9.17, 15) is 0 Å². The van der Waals surface area contributed by atoms with Crippen molar-refractivity contribution in [3.05, 3.63) is 41.5 Å². The Hall–Kier alpha value is -1.36. The molecule has 1 saturated heterocycles. The number of hydrogen-bond donors (Lipinski definition) is 1. The Morgan fingerprint density at radius 3 is 2.48 bits per heavy atom. The van der Waals surface area contributed by atoms with Crippen molar-refractivity contribution in [2.75, 3.05) is 52.7 Å². The first-order chi connectivity index (χ1) is 11.2. The van der Waals surface area contributed by atoms with Gasteiger partial charge in [-0.15, -0.1) is 6.58 Å². The number of nitrogens with one attached hydrogen (secondary N) is 1. The molecular weight excluding hydrogens is 290 g/mol. The Morgan fingerprint density at radius 1 is 1.13 bits per heavy atom. The Labute approximate surface area is 140 Å². The van der Waals surface area contributed by atoms with Crippen LogP contribution in [0.3, 0.4) is 0 Å². The van der Waals surface area contributed by atoms with E-state index in [1.54, 1.807) is 4.90 Å². The van der Waals surface area contributed by atoms with Crippen molar-refractivity contribution in [3.8, 4) is 5.75 Å². The lowest BCUT2D eigenvalue weighted by molar-refractivity contribution is -0.908. The monoisotopic (exact) mass is 320 g/mol. The molecule has 4 heteroatoms. The molecule has 1 aromatic rings. The summed E-state index contributed by atoms with van der Waals surface area (Å²) in [6, 6.07) is 4.35. The second kappa shape index (κ2) is 9.71. The van der Waals surface area contributed by atoms with Gasteiger partial charge in [0.2, 0.25) is 0 Å². The van der Waals surface area contributed by atoms with E-state index in [0.717, 1.165) is 51.6 Å². The lowest BCUT2D eigenvalue weighted by Gasteiger charge is -2.23. The third-order valence-corrected chi connectivity index (χ3v) is 4.17. The van der Waals surface area contributed by atoms with Crippen LogP contribution in [-0.4, -0.2) is 52.7 Å². The highest BCUT2D eigenvalue weighted by atomic mass is 16.5. The molecule has 0 bridgehead atoms. The number of hydrogen-bond acceptors (Lipinski definition) is 3. The first-order valence-corrected chi connectivity index (χ1v) is 8.53. The van der Waals surface area contributed by atoms with E-state index in [1.165, 1.54) is 16.7 Å². The minimum absolute atomic E-state index is 0.598. The highest BCUT2D eigenvalue weighted by Gasteiger charge is 2.12. The van der Waals surface area contributed by atoms with Crippen LogP contribution in [0.15, 0.2) is 24.8 Å². The zero-order chi connectivity index (χ0) is 16.5. The number of allylic oxidation sites excluding steroid dienone is 1. The molecule has 1 fully saturated rings. The maximum Gasteiger partial charge on any atom is 0.125 e. The summed E-state index contributed by atoms with van der Waals surface area (Å²) in [5, 5.41) is 0. The van der Waals surface area contributed by atoms with Crippen LogP contribution in [-0.2, 0) is 15.9 Å². The first kappa shape index (κ1) is 18.0. The second-order valence-corrected chi connectivity index (χ2v) is 6.12. The maximum atomic E-state index is 5.92. The summed E-state index contributed by atoms with van der Waals surface area (Å²) < 4.78 is 17.0. The van der Waals surface area contributed by atoms with E-state index >= 15 is 0 Å². The standard InChI is InChI=1S/C19H29NO3/c1-4-5-18-14-16(2)19(17(3)15-18)23-13-12-22-11-8-20-6-9-21-10-7-20/h4,14-15H,1,5-13H2,2-3H3/p+1. The summed E-state index contributed by atoms with van der Waals surface area (Å²) in [5.41, 5.74) is 3.64. The van der Waals surface area contributed by atoms with Crippen molar-refractivity contribution in [2.45, 2.75) is 20.3 Å². The molecule has 1 heterocycles. The van der Waals surface area contributed by atoms with Gasteiger partial charge in [-0.25, -0.2) is 0 Å². The summed E-state index contributed by atoms with van der Waals surface area (Å²) in [4.78, 5) is 1.57. The van der Waals surface area contributed by atoms with Crippen LogP contribution in [0.2, 0.25) is 0 Å². The molecule has 1 N–H and O–H groups in total. The van der Waals surface area contributed by atoms with Gasteiger partial charge in [0.15, 0.2) is 0 Å². The van der Waals surface area contributed by atoms with Crippen molar-refractivity contribution >= 4 is 0 Å². The molecule has 1 aromatic carbocycles. The molecule has 0 amide bonds. The maximum absolute atomic E-state index is 5.92. The number of ether oxygens (including phenoxy) is 3. The Kier molecular flexibility index (Phi) is 7.59. The smallest absolute Gasteiger partial charge is 0.125 e. The third kappa shape index (κ3) is 5.98. The van der Waals surface area contributed by atoms with Crippen LogP contribution in [0.4, 0.5) is 0 Å². The van der Waals surface area contributed by atoms with Crippen molar-refractivity contribution in [2.24, 2.45) is 0 Å². The molecule has 0 aliphatic carbocycles. The Bertz CT molecular complexity index is 472. The molecule has 0 saturated carbocycles. The summed E-state index contributed by atoms with van der Waals surface area (Å²) in [6.07, 6.45) is 2.83. The molecule has 0 spiro atoms. The van der Waals surface area contributed by atoms with E-state index in [2.05, 4.69) is 32.6 Å². The lowest BCUT2D eigenvalue weighted by Crippen LogP contribution is -3.14. The molecule has 0 atom stereocenters. The van der Waals surface area contributed by atoms with Gasteiger partial charge in [-0.05, 0) is 37.0 Å². The van der Waals surface area contributed by atoms with Crippen LogP contribution in [0.1, 0.15) is 16.7 Å². The zero-order valence-corrected chi connectivity index (χ0v) is 14.5. The molecule has 2 rings (SSSR count). The van der Waals surface area contributed by atoms with Gasteiger partial charge in [-0.1, -0.05) is 18.2 Å². The van der Waals surface area contributed by atoms with Crippen LogP contribution < -0.4 is 9.64 Å². The minimum atomic E-state index is 0.598. The average molecular weight is 320 g/mol. The molecule has 0 radical (unpaired) electrons. The fourth-order valence-corrected chi connectivity index (χ4v) is 2.98. The van der Waals surface area contributed by atoms with Crippen molar-refractivity contribution in [1.82, 2.24) is 0 Å². The normalized spacial score (nSPS) is 15.6. The quantitative estimate of drug-likeness (QED) is 0.550. The zero-order valence-electron chi connectivity index (χ0n) is 14.5. The van der Waals surface area contributed by atoms with E-state index < -0.39 is 0 Å². The Balaban J connectivity index is 1.66. The molecule has 1 aliphatic rings. The van der Waals surface area contributed by atoms with E-state index in [-0.39, 0.29) is 0 Å². The highest BCUT2D eigenvalue weighted by molar-refractivity contribution is 5.43. The van der Waals surface area contributed by atoms with Gasteiger partial charge in [0.1, 0.15) is 32.0 Å². The van der Waals surface area contributed by atoms with E-state index in [4.69, 9.17) is 14.2 Å². The van der Waals surface area contributed by atoms with Gasteiger partial charge in [0, 0.05) is 0 Å². The largest absolute Gasteiger partial charge is 0.491 e. The van der Waals surface area contributed by atoms with Crippen molar-refractivity contribution in [1.29, 1.82) is 0 Å². The number of rotatable bonds is 9. The van der Waals surface area contributed by atoms with Crippen LogP contribution in [0, 0.1) is 13.8 Å². The second-order valence-electron chi connectivity index (χ2n) is 6.12. The number of benzene rings is 1. The summed E-state index contributed by atoms with van der Waals surface area (Å²) in [6.45, 7) is 15.0. The summed E-state index contributed by atoms with van der Waals surface area (Å²) in [5.74, 6) is 0.986. The average Bonchev–Trinajstić information content (AvgIpc) is 2.54. The third-order valence-electron chi connectivity index (χ3n) is 4.17. The summed E-state index contributed by atoms with van der Waals surface area (Å²) >= 11 is 0. The van der Waals surface area contributed by atoms with Gasteiger partial charge < -0.3 is 19.1 Å². The molecule has 1 aliphatic heterocycles. The van der Waals surface area contributed by atoms with Crippen LogP contribution in [0.5, 0.6) is 5.75 Å². The van der Waals surface area contributed by atoms with Gasteiger partial charge in [0.05, 0.1) is 26.4 Å². The number of quaternary nitrogens is 1. The molecule has 23 heavy (non-hydrogen) atoms. The Morgan fingerprint density at radius 2 is 1.83 bits per heavy atom.